The highest BCUT2D eigenvalue weighted by molar-refractivity contribution is 4.91. The molecule has 0 aliphatic heterocycles. The Morgan fingerprint density at radius 3 is 2.67 bits per heavy atom. The van der Waals surface area contributed by atoms with Crippen molar-refractivity contribution in [1.29, 1.82) is 0 Å². The van der Waals surface area contributed by atoms with Gasteiger partial charge in [0, 0.05) is 6.42 Å². The standard InChI is InChI=1S/C8H13F/c1-3-5-7-8(9)6-4-2/h5H,3-4,6H2,1-2H3. The summed E-state index contributed by atoms with van der Waals surface area (Å²) in [4.78, 5) is 0. The first-order valence-electron chi connectivity index (χ1n) is 3.40. The molecule has 0 spiro atoms. The molecule has 0 bridgehead atoms. The summed E-state index contributed by atoms with van der Waals surface area (Å²) >= 11 is 0. The highest BCUT2D eigenvalue weighted by atomic mass is 19.1. The molecular weight excluding hydrogens is 115 g/mol. The van der Waals surface area contributed by atoms with Gasteiger partial charge in [-0.1, -0.05) is 19.6 Å². The molecule has 0 radical (unpaired) electrons. The zero-order valence-electron chi connectivity index (χ0n) is 6.08. The first kappa shape index (κ1) is 8.45. The topological polar surface area (TPSA) is 0 Å². The van der Waals surface area contributed by atoms with Crippen molar-refractivity contribution in [1.82, 2.24) is 0 Å². The molecule has 0 N–H and O–H groups in total. The molecular formula is C8H13F. The fourth-order valence-corrected chi connectivity index (χ4v) is 0.504. The van der Waals surface area contributed by atoms with Crippen LogP contribution in [-0.2, 0) is 0 Å². The van der Waals surface area contributed by atoms with Gasteiger partial charge in [0.05, 0.1) is 0 Å². The quantitative estimate of drug-likeness (QED) is 0.512. The summed E-state index contributed by atoms with van der Waals surface area (Å²) in [6.07, 6.45) is 3.95. The molecule has 0 amide bonds. The van der Waals surface area contributed by atoms with E-state index in [0.717, 1.165) is 12.8 Å². The van der Waals surface area contributed by atoms with Crippen molar-refractivity contribution in [2.75, 3.05) is 0 Å². The fourth-order valence-electron chi connectivity index (χ4n) is 0.504. The predicted octanol–water partition coefficient (Wildman–Crippen LogP) is 3.21. The van der Waals surface area contributed by atoms with Gasteiger partial charge in [0.15, 0.2) is 0 Å². The number of hydrogen-bond acceptors (Lipinski definition) is 0. The van der Waals surface area contributed by atoms with E-state index in [4.69, 9.17) is 0 Å². The maximum atomic E-state index is 12.4. The molecule has 0 fully saturated rings. The Bertz CT molecular complexity index is 119. The minimum absolute atomic E-state index is 0.126. The average Bonchev–Trinajstić information content (AvgIpc) is 1.85. The minimum Gasteiger partial charge on any atom is -0.203 e. The van der Waals surface area contributed by atoms with E-state index in [-0.39, 0.29) is 5.83 Å². The first-order chi connectivity index (χ1) is 4.31. The Kier molecular flexibility index (Phi) is 5.24. The summed E-state index contributed by atoms with van der Waals surface area (Å²) in [6, 6.07) is 0. The van der Waals surface area contributed by atoms with E-state index in [0.29, 0.717) is 6.42 Å². The molecule has 52 valence electrons. The molecule has 9 heavy (non-hydrogen) atoms. The third-order valence-electron chi connectivity index (χ3n) is 0.932. The Morgan fingerprint density at radius 2 is 2.22 bits per heavy atom. The van der Waals surface area contributed by atoms with Crippen LogP contribution in [0.5, 0.6) is 0 Å². The molecule has 1 heteroatoms. The van der Waals surface area contributed by atoms with Crippen LogP contribution in [0.25, 0.3) is 0 Å². The maximum absolute atomic E-state index is 12.4. The van der Waals surface area contributed by atoms with E-state index in [9.17, 15) is 4.39 Å². The van der Waals surface area contributed by atoms with Crippen LogP contribution < -0.4 is 0 Å². The van der Waals surface area contributed by atoms with Crippen molar-refractivity contribution in [2.24, 2.45) is 0 Å². The van der Waals surface area contributed by atoms with E-state index in [1.807, 2.05) is 13.8 Å². The molecule has 0 saturated carbocycles. The van der Waals surface area contributed by atoms with Crippen molar-refractivity contribution in [2.45, 2.75) is 33.1 Å². The second-order valence-electron chi connectivity index (χ2n) is 1.91. The van der Waals surface area contributed by atoms with Gasteiger partial charge in [-0.05, 0) is 18.9 Å². The van der Waals surface area contributed by atoms with Gasteiger partial charge >= 0.3 is 0 Å². The molecule has 0 aromatic heterocycles. The lowest BCUT2D eigenvalue weighted by atomic mass is 10.3. The molecule has 0 rings (SSSR count). The molecule has 0 aromatic carbocycles. The summed E-state index contributed by atoms with van der Waals surface area (Å²) in [5, 5.41) is 0. The molecule has 0 aromatic rings. The van der Waals surface area contributed by atoms with Crippen LogP contribution in [0.1, 0.15) is 33.1 Å². The SMILES string of the molecule is CCC=C=C(F)CCC. The van der Waals surface area contributed by atoms with Crippen LogP contribution in [0.15, 0.2) is 17.6 Å². The smallest absolute Gasteiger partial charge is 0.142 e. The lowest BCUT2D eigenvalue weighted by Crippen LogP contribution is -1.67. The van der Waals surface area contributed by atoms with Gasteiger partial charge in [-0.15, -0.1) is 0 Å². The van der Waals surface area contributed by atoms with Crippen LogP contribution in [0.3, 0.4) is 0 Å². The van der Waals surface area contributed by atoms with E-state index in [1.165, 1.54) is 0 Å². The molecule has 0 nitrogen and oxygen atoms in total. The second kappa shape index (κ2) is 5.58. The second-order valence-corrected chi connectivity index (χ2v) is 1.91. The first-order valence-corrected chi connectivity index (χ1v) is 3.40. The number of rotatable bonds is 3. The van der Waals surface area contributed by atoms with E-state index in [2.05, 4.69) is 5.73 Å². The molecule has 0 atom stereocenters. The van der Waals surface area contributed by atoms with Crippen LogP contribution in [0.4, 0.5) is 4.39 Å². The Labute approximate surface area is 56.1 Å². The largest absolute Gasteiger partial charge is 0.203 e. The van der Waals surface area contributed by atoms with Crippen molar-refractivity contribution in [3.05, 3.63) is 17.6 Å². The molecule has 0 unspecified atom stereocenters. The van der Waals surface area contributed by atoms with Crippen molar-refractivity contribution in [3.63, 3.8) is 0 Å². The third-order valence-corrected chi connectivity index (χ3v) is 0.932. The van der Waals surface area contributed by atoms with E-state index < -0.39 is 0 Å². The van der Waals surface area contributed by atoms with Crippen LogP contribution >= 0.6 is 0 Å². The zero-order valence-corrected chi connectivity index (χ0v) is 6.08. The lowest BCUT2D eigenvalue weighted by Gasteiger charge is -1.84. The van der Waals surface area contributed by atoms with E-state index >= 15 is 0 Å². The summed E-state index contributed by atoms with van der Waals surface area (Å²) in [7, 11) is 0. The minimum atomic E-state index is -0.126. The van der Waals surface area contributed by atoms with Crippen LogP contribution in [0, 0.1) is 0 Å². The highest BCUT2D eigenvalue weighted by Gasteiger charge is 1.86. The summed E-state index contributed by atoms with van der Waals surface area (Å²) < 4.78 is 12.4. The van der Waals surface area contributed by atoms with Gasteiger partial charge in [0.1, 0.15) is 5.83 Å². The zero-order chi connectivity index (χ0) is 7.11. The number of halogens is 1. The van der Waals surface area contributed by atoms with Gasteiger partial charge < -0.3 is 0 Å². The predicted molar refractivity (Wildman–Crippen MR) is 37.9 cm³/mol. The lowest BCUT2D eigenvalue weighted by molar-refractivity contribution is 0.586. The van der Waals surface area contributed by atoms with Gasteiger partial charge in [-0.25, -0.2) is 4.39 Å². The van der Waals surface area contributed by atoms with Gasteiger partial charge in [-0.2, -0.15) is 0 Å². The van der Waals surface area contributed by atoms with Crippen LogP contribution in [-0.4, -0.2) is 0 Å². The normalized spacial score (nSPS) is 8.33. The van der Waals surface area contributed by atoms with Crippen LogP contribution in [0.2, 0.25) is 0 Å². The average molecular weight is 128 g/mol. The Morgan fingerprint density at radius 1 is 1.56 bits per heavy atom. The summed E-state index contributed by atoms with van der Waals surface area (Å²) in [5.74, 6) is -0.126. The van der Waals surface area contributed by atoms with E-state index in [1.54, 1.807) is 6.08 Å². The van der Waals surface area contributed by atoms with Crippen molar-refractivity contribution in [3.8, 4) is 0 Å². The van der Waals surface area contributed by atoms with Gasteiger partial charge in [0.2, 0.25) is 0 Å². The molecule has 0 heterocycles. The van der Waals surface area contributed by atoms with Crippen molar-refractivity contribution >= 4 is 0 Å². The summed E-state index contributed by atoms with van der Waals surface area (Å²) in [5.41, 5.74) is 2.56. The molecule has 0 aliphatic carbocycles. The Balaban J connectivity index is 3.68. The van der Waals surface area contributed by atoms with Gasteiger partial charge in [0.25, 0.3) is 0 Å². The molecule has 0 saturated heterocycles. The monoisotopic (exact) mass is 128 g/mol. The highest BCUT2D eigenvalue weighted by Crippen LogP contribution is 2.02. The summed E-state index contributed by atoms with van der Waals surface area (Å²) in [6.45, 7) is 3.92. The number of allylic oxidation sites excluding steroid dienone is 1. The Hall–Kier alpha value is -0.550. The third kappa shape index (κ3) is 5.32. The fraction of sp³-hybridized carbons (Fsp3) is 0.625. The van der Waals surface area contributed by atoms with Gasteiger partial charge in [-0.3, -0.25) is 0 Å². The van der Waals surface area contributed by atoms with Crippen molar-refractivity contribution < 1.29 is 4.39 Å². The molecule has 0 aliphatic rings. The maximum Gasteiger partial charge on any atom is 0.142 e. The number of hydrogen-bond donors (Lipinski definition) is 0.